The van der Waals surface area contributed by atoms with Crippen LogP contribution >= 0.6 is 12.2 Å². The van der Waals surface area contributed by atoms with Crippen molar-refractivity contribution < 1.29 is 19.7 Å². The summed E-state index contributed by atoms with van der Waals surface area (Å²) >= 11 is 4.89. The molecule has 1 unspecified atom stereocenters. The molecule has 5 heteroatoms. The maximum Gasteiger partial charge on any atom is 0.164 e. The summed E-state index contributed by atoms with van der Waals surface area (Å²) in [7, 11) is 0. The van der Waals surface area contributed by atoms with Crippen molar-refractivity contribution in [3.8, 4) is 0 Å². The minimum atomic E-state index is -0.739. The van der Waals surface area contributed by atoms with E-state index in [1.54, 1.807) is 13.8 Å². The average Bonchev–Trinajstić information content (AvgIpc) is 2.39. The Morgan fingerprint density at radius 3 is 2.46 bits per heavy atom. The molecule has 0 amide bonds. The lowest BCUT2D eigenvalue weighted by Crippen LogP contribution is -2.34. The van der Waals surface area contributed by atoms with Gasteiger partial charge in [-0.25, -0.2) is 0 Å². The smallest absolute Gasteiger partial charge is 0.164 e. The molecule has 1 rings (SSSR count). The molecule has 0 bridgehead atoms. The summed E-state index contributed by atoms with van der Waals surface area (Å²) < 4.78 is 10.8. The van der Waals surface area contributed by atoms with Gasteiger partial charge in [-0.15, -0.1) is 0 Å². The molecule has 0 saturated carbocycles. The minimum absolute atomic E-state index is 0.158. The SMILES string of the molecule is CC1(C)OC(C(=S)CO)[C@H](CO)O1. The molecular formula is C8H14O4S. The zero-order valence-electron chi connectivity index (χ0n) is 7.69. The van der Waals surface area contributed by atoms with Crippen molar-refractivity contribution in [2.45, 2.75) is 31.8 Å². The summed E-state index contributed by atoms with van der Waals surface area (Å²) in [6.07, 6.45) is -0.949. The second-order valence-corrected chi connectivity index (χ2v) is 3.93. The fourth-order valence-corrected chi connectivity index (χ4v) is 1.53. The summed E-state index contributed by atoms with van der Waals surface area (Å²) in [6, 6.07) is 0. The largest absolute Gasteiger partial charge is 0.394 e. The maximum atomic E-state index is 8.97. The van der Waals surface area contributed by atoms with Gasteiger partial charge in [0.15, 0.2) is 5.79 Å². The lowest BCUT2D eigenvalue weighted by Gasteiger charge is -2.16. The van der Waals surface area contributed by atoms with Crippen LogP contribution in [0.15, 0.2) is 0 Å². The molecule has 0 aromatic rings. The van der Waals surface area contributed by atoms with Crippen LogP contribution in [0.2, 0.25) is 0 Å². The van der Waals surface area contributed by atoms with Crippen molar-refractivity contribution in [1.82, 2.24) is 0 Å². The van der Waals surface area contributed by atoms with Gasteiger partial charge >= 0.3 is 0 Å². The molecule has 1 aliphatic rings. The van der Waals surface area contributed by atoms with Crippen LogP contribution in [-0.4, -0.2) is 46.3 Å². The van der Waals surface area contributed by atoms with E-state index in [9.17, 15) is 0 Å². The van der Waals surface area contributed by atoms with Crippen LogP contribution in [0.5, 0.6) is 0 Å². The van der Waals surface area contributed by atoms with Gasteiger partial charge in [0.25, 0.3) is 0 Å². The number of aliphatic hydroxyl groups is 2. The Balaban J connectivity index is 2.69. The van der Waals surface area contributed by atoms with E-state index in [1.807, 2.05) is 0 Å². The monoisotopic (exact) mass is 206 g/mol. The van der Waals surface area contributed by atoms with Crippen LogP contribution < -0.4 is 0 Å². The Morgan fingerprint density at radius 1 is 1.38 bits per heavy atom. The molecule has 0 aliphatic carbocycles. The van der Waals surface area contributed by atoms with E-state index >= 15 is 0 Å². The lowest BCUT2D eigenvalue weighted by molar-refractivity contribution is -0.145. The topological polar surface area (TPSA) is 58.9 Å². The molecule has 2 atom stereocenters. The van der Waals surface area contributed by atoms with Crippen molar-refractivity contribution >= 4 is 17.1 Å². The molecule has 0 spiro atoms. The molecule has 13 heavy (non-hydrogen) atoms. The van der Waals surface area contributed by atoms with Gasteiger partial charge in [0.1, 0.15) is 12.2 Å². The predicted molar refractivity (Wildman–Crippen MR) is 50.6 cm³/mol. The Hall–Kier alpha value is -0.0700. The molecule has 2 N–H and O–H groups in total. The van der Waals surface area contributed by atoms with E-state index in [-0.39, 0.29) is 13.2 Å². The Kier molecular flexibility index (Phi) is 3.37. The highest BCUT2D eigenvalue weighted by atomic mass is 32.1. The van der Waals surface area contributed by atoms with Crippen molar-refractivity contribution in [1.29, 1.82) is 0 Å². The van der Waals surface area contributed by atoms with Crippen LogP contribution in [0.4, 0.5) is 0 Å². The molecule has 0 radical (unpaired) electrons. The highest BCUT2D eigenvalue weighted by Gasteiger charge is 2.42. The Bertz CT molecular complexity index is 204. The third kappa shape index (κ3) is 2.45. The second kappa shape index (κ2) is 3.98. The Labute approximate surface area is 82.5 Å². The summed E-state index contributed by atoms with van der Waals surface area (Å²) in [5.41, 5.74) is 0. The summed E-state index contributed by atoms with van der Waals surface area (Å²) in [4.78, 5) is 0.365. The Morgan fingerprint density at radius 2 is 2.00 bits per heavy atom. The van der Waals surface area contributed by atoms with Crippen LogP contribution in [-0.2, 0) is 9.47 Å². The third-order valence-electron chi connectivity index (χ3n) is 1.84. The van der Waals surface area contributed by atoms with Crippen LogP contribution in [0.1, 0.15) is 13.8 Å². The van der Waals surface area contributed by atoms with E-state index in [0.717, 1.165) is 0 Å². The number of rotatable bonds is 3. The van der Waals surface area contributed by atoms with Gasteiger partial charge in [-0.3, -0.25) is 0 Å². The first kappa shape index (κ1) is 11.0. The average molecular weight is 206 g/mol. The maximum absolute atomic E-state index is 8.97. The van der Waals surface area contributed by atoms with Crippen molar-refractivity contribution in [2.24, 2.45) is 0 Å². The van der Waals surface area contributed by atoms with Crippen molar-refractivity contribution in [2.75, 3.05) is 13.2 Å². The first-order chi connectivity index (χ1) is 6.00. The molecular weight excluding hydrogens is 192 g/mol. The second-order valence-electron chi connectivity index (χ2n) is 3.40. The fraction of sp³-hybridized carbons (Fsp3) is 0.875. The van der Waals surface area contributed by atoms with E-state index < -0.39 is 18.0 Å². The quantitative estimate of drug-likeness (QED) is 0.629. The van der Waals surface area contributed by atoms with Crippen molar-refractivity contribution in [3.05, 3.63) is 0 Å². The number of hydrogen-bond donors (Lipinski definition) is 2. The third-order valence-corrected chi connectivity index (χ3v) is 2.20. The van der Waals surface area contributed by atoms with Crippen LogP contribution in [0.25, 0.3) is 0 Å². The van der Waals surface area contributed by atoms with Gasteiger partial charge in [0.2, 0.25) is 0 Å². The van der Waals surface area contributed by atoms with Crippen LogP contribution in [0, 0.1) is 0 Å². The van der Waals surface area contributed by atoms with E-state index in [0.29, 0.717) is 4.86 Å². The number of aliphatic hydroxyl groups excluding tert-OH is 2. The fourth-order valence-electron chi connectivity index (χ4n) is 1.33. The molecule has 4 nitrogen and oxygen atoms in total. The number of thiocarbonyl (C=S) groups is 1. The molecule has 0 aromatic carbocycles. The minimum Gasteiger partial charge on any atom is -0.394 e. The number of hydrogen-bond acceptors (Lipinski definition) is 5. The first-order valence-corrected chi connectivity index (χ1v) is 4.51. The highest BCUT2D eigenvalue weighted by Crippen LogP contribution is 2.28. The molecule has 0 aromatic heterocycles. The molecule has 1 fully saturated rings. The van der Waals surface area contributed by atoms with Gasteiger partial charge < -0.3 is 19.7 Å². The van der Waals surface area contributed by atoms with E-state index in [4.69, 9.17) is 31.9 Å². The lowest BCUT2D eigenvalue weighted by atomic mass is 10.1. The number of ether oxygens (including phenoxy) is 2. The van der Waals surface area contributed by atoms with E-state index in [1.165, 1.54) is 0 Å². The van der Waals surface area contributed by atoms with Crippen molar-refractivity contribution in [3.63, 3.8) is 0 Å². The van der Waals surface area contributed by atoms with Gasteiger partial charge in [0, 0.05) is 4.86 Å². The highest BCUT2D eigenvalue weighted by molar-refractivity contribution is 7.80. The normalized spacial score (nSPS) is 32.0. The van der Waals surface area contributed by atoms with Gasteiger partial charge in [-0.05, 0) is 13.8 Å². The zero-order valence-corrected chi connectivity index (χ0v) is 8.50. The molecule has 1 saturated heterocycles. The molecule has 1 heterocycles. The van der Waals surface area contributed by atoms with Gasteiger partial charge in [0.05, 0.1) is 13.2 Å². The van der Waals surface area contributed by atoms with Gasteiger partial charge in [-0.1, -0.05) is 12.2 Å². The zero-order chi connectivity index (χ0) is 10.1. The standard InChI is InChI=1S/C8H14O4S/c1-8(2)11-5(3-9)7(12-8)6(13)4-10/h5,7,9-10H,3-4H2,1-2H3/t5-,7?/m0/s1. The first-order valence-electron chi connectivity index (χ1n) is 4.10. The van der Waals surface area contributed by atoms with Crippen LogP contribution in [0.3, 0.4) is 0 Å². The summed E-state index contributed by atoms with van der Waals surface area (Å²) in [5, 5.41) is 17.8. The molecule has 76 valence electrons. The molecule has 1 aliphatic heterocycles. The predicted octanol–water partition coefficient (Wildman–Crippen LogP) is -0.139. The van der Waals surface area contributed by atoms with E-state index in [2.05, 4.69) is 0 Å². The van der Waals surface area contributed by atoms with Gasteiger partial charge in [-0.2, -0.15) is 0 Å². The summed E-state index contributed by atoms with van der Waals surface area (Å²) in [6.45, 7) is 3.11. The summed E-state index contributed by atoms with van der Waals surface area (Å²) in [5.74, 6) is -0.739.